The van der Waals surface area contributed by atoms with Crippen molar-refractivity contribution < 1.29 is 27.2 Å². The molecule has 11 heteroatoms. The van der Waals surface area contributed by atoms with E-state index < -0.39 is 30.3 Å². The highest BCUT2D eigenvalue weighted by Crippen LogP contribution is 2.51. The molecule has 4 nitrogen and oxygen atoms in total. The van der Waals surface area contributed by atoms with Gasteiger partial charge in [-0.05, 0) is 36.1 Å². The first kappa shape index (κ1) is 26.0. The fourth-order valence-corrected chi connectivity index (χ4v) is 5.30. The SMILES string of the molecule is CN(C)C(=O)C1CC(CF)(c2ccc(C3=NOC(c4cc(Cl)c(Cl)c(Cl)c4)(C(F)(F)F)C3)cc2)C1. The molecule has 0 N–H and O–H groups in total. The van der Waals surface area contributed by atoms with Crippen LogP contribution in [0.4, 0.5) is 17.6 Å². The lowest BCUT2D eigenvalue weighted by molar-refractivity contribution is -0.275. The Morgan fingerprint density at radius 2 is 1.66 bits per heavy atom. The Labute approximate surface area is 214 Å². The number of amides is 1. The minimum Gasteiger partial charge on any atom is -0.374 e. The molecule has 0 radical (unpaired) electrons. The van der Waals surface area contributed by atoms with E-state index in [1.165, 1.54) is 4.90 Å². The first-order chi connectivity index (χ1) is 16.3. The summed E-state index contributed by atoms with van der Waals surface area (Å²) < 4.78 is 56.7. The highest BCUT2D eigenvalue weighted by molar-refractivity contribution is 6.48. The average Bonchev–Trinajstić information content (AvgIpc) is 3.24. The highest BCUT2D eigenvalue weighted by atomic mass is 35.5. The molecule has 1 fully saturated rings. The molecule has 1 heterocycles. The Balaban J connectivity index is 1.58. The number of alkyl halides is 4. The molecular weight excluding hydrogens is 531 g/mol. The molecule has 0 bridgehead atoms. The van der Waals surface area contributed by atoms with Crippen molar-refractivity contribution in [3.63, 3.8) is 0 Å². The Morgan fingerprint density at radius 3 is 2.14 bits per heavy atom. The monoisotopic (exact) mass is 550 g/mol. The number of nitrogens with zero attached hydrogens (tertiary/aromatic N) is 2. The largest absolute Gasteiger partial charge is 0.435 e. The first-order valence-electron chi connectivity index (χ1n) is 10.7. The van der Waals surface area contributed by atoms with Crippen LogP contribution in [-0.2, 0) is 20.6 Å². The minimum absolute atomic E-state index is 0.0472. The van der Waals surface area contributed by atoms with Crippen LogP contribution in [0.25, 0.3) is 0 Å². The summed E-state index contributed by atoms with van der Waals surface area (Å²) in [6.45, 7) is -0.636. The summed E-state index contributed by atoms with van der Waals surface area (Å²) in [6.07, 6.45) is -4.70. The van der Waals surface area contributed by atoms with E-state index in [4.69, 9.17) is 39.6 Å². The maximum atomic E-state index is 14.2. The van der Waals surface area contributed by atoms with Crippen LogP contribution in [0.5, 0.6) is 0 Å². The Kier molecular flexibility index (Phi) is 6.79. The van der Waals surface area contributed by atoms with Gasteiger partial charge in [-0.25, -0.2) is 0 Å². The number of carbonyl (C=O) groups is 1. The lowest BCUT2D eigenvalue weighted by Gasteiger charge is -2.46. The molecule has 2 aromatic carbocycles. The highest BCUT2D eigenvalue weighted by Gasteiger charge is 2.62. The number of oxime groups is 1. The van der Waals surface area contributed by atoms with Gasteiger partial charge in [0, 0.05) is 37.4 Å². The molecule has 1 amide bonds. The van der Waals surface area contributed by atoms with Crippen molar-refractivity contribution in [2.24, 2.45) is 11.1 Å². The zero-order chi connectivity index (χ0) is 25.8. The number of rotatable bonds is 5. The molecule has 0 aromatic heterocycles. The van der Waals surface area contributed by atoms with Crippen molar-refractivity contribution in [1.29, 1.82) is 0 Å². The van der Waals surface area contributed by atoms with E-state index in [1.807, 2.05) is 0 Å². The van der Waals surface area contributed by atoms with Gasteiger partial charge in [-0.3, -0.25) is 9.18 Å². The van der Waals surface area contributed by atoms with Gasteiger partial charge >= 0.3 is 6.18 Å². The summed E-state index contributed by atoms with van der Waals surface area (Å²) in [7, 11) is 3.31. The van der Waals surface area contributed by atoms with Crippen LogP contribution in [0.3, 0.4) is 0 Å². The molecule has 1 unspecified atom stereocenters. The smallest absolute Gasteiger partial charge is 0.374 e. The molecule has 188 valence electrons. The van der Waals surface area contributed by atoms with Crippen molar-refractivity contribution in [3.05, 3.63) is 68.2 Å². The quantitative estimate of drug-likeness (QED) is 0.299. The van der Waals surface area contributed by atoms with Gasteiger partial charge in [-0.15, -0.1) is 0 Å². The van der Waals surface area contributed by atoms with E-state index in [0.717, 1.165) is 12.1 Å². The molecular formula is C24H21Cl3F4N2O2. The zero-order valence-corrected chi connectivity index (χ0v) is 21.0. The van der Waals surface area contributed by atoms with Crippen LogP contribution in [0.1, 0.15) is 36.0 Å². The van der Waals surface area contributed by atoms with Crippen LogP contribution in [0, 0.1) is 5.92 Å². The molecule has 0 spiro atoms. The van der Waals surface area contributed by atoms with Gasteiger partial charge in [0.1, 0.15) is 0 Å². The molecule has 1 aliphatic heterocycles. The minimum atomic E-state index is -4.84. The standard InChI is InChI=1S/C24H21Cl3F4N2O2/c1-33(2)21(34)14-9-22(10-14,12-28)15-5-3-13(4-6-15)19-11-23(35-32-19,24(29,30)31)16-7-17(25)20(27)18(26)8-16/h3-8,14H,9-12H2,1-2H3. The molecule has 1 atom stereocenters. The topological polar surface area (TPSA) is 41.9 Å². The van der Waals surface area contributed by atoms with Crippen molar-refractivity contribution in [2.45, 2.75) is 36.5 Å². The zero-order valence-electron chi connectivity index (χ0n) is 18.7. The van der Waals surface area contributed by atoms with Crippen LogP contribution < -0.4 is 0 Å². The van der Waals surface area contributed by atoms with Crippen molar-refractivity contribution in [3.8, 4) is 0 Å². The van der Waals surface area contributed by atoms with Crippen molar-refractivity contribution in [1.82, 2.24) is 4.90 Å². The molecule has 1 aliphatic carbocycles. The summed E-state index contributed by atoms with van der Waals surface area (Å²) in [5.74, 6) is -0.299. The van der Waals surface area contributed by atoms with Gasteiger partial charge in [-0.1, -0.05) is 64.2 Å². The third kappa shape index (κ3) is 4.38. The maximum absolute atomic E-state index is 14.2. The van der Waals surface area contributed by atoms with E-state index in [9.17, 15) is 22.4 Å². The second-order valence-corrected chi connectivity index (χ2v) is 10.4. The van der Waals surface area contributed by atoms with E-state index in [0.29, 0.717) is 24.0 Å². The third-order valence-corrected chi connectivity index (χ3v) is 7.98. The lowest BCUT2D eigenvalue weighted by atomic mass is 9.59. The summed E-state index contributed by atoms with van der Waals surface area (Å²) in [4.78, 5) is 18.7. The fraction of sp³-hybridized carbons (Fsp3) is 0.417. The van der Waals surface area contributed by atoms with Gasteiger partial charge in [0.15, 0.2) is 0 Å². The maximum Gasteiger partial charge on any atom is 0.435 e. The van der Waals surface area contributed by atoms with Crippen LogP contribution >= 0.6 is 34.8 Å². The number of benzene rings is 2. The second kappa shape index (κ2) is 9.12. The van der Waals surface area contributed by atoms with Crippen molar-refractivity contribution >= 4 is 46.4 Å². The number of halogens is 7. The van der Waals surface area contributed by atoms with Crippen LogP contribution in [0.15, 0.2) is 41.6 Å². The summed E-state index contributed by atoms with van der Waals surface area (Å²) in [6, 6.07) is 8.64. The average molecular weight is 552 g/mol. The fourth-order valence-electron chi connectivity index (χ4n) is 4.71. The molecule has 0 saturated heterocycles. The molecule has 2 aliphatic rings. The third-order valence-electron chi connectivity index (χ3n) is 6.79. The normalized spacial score (nSPS) is 26.1. The predicted molar refractivity (Wildman–Crippen MR) is 127 cm³/mol. The number of hydrogen-bond donors (Lipinski definition) is 0. The molecule has 4 rings (SSSR count). The molecule has 35 heavy (non-hydrogen) atoms. The van der Waals surface area contributed by atoms with Gasteiger partial charge in [0.2, 0.25) is 5.91 Å². The van der Waals surface area contributed by atoms with Crippen molar-refractivity contribution in [2.75, 3.05) is 20.8 Å². The summed E-state index contributed by atoms with van der Waals surface area (Å²) in [5.41, 5.74) is -2.73. The number of hydrogen-bond acceptors (Lipinski definition) is 3. The van der Waals surface area contributed by atoms with Gasteiger partial charge < -0.3 is 9.74 Å². The predicted octanol–water partition coefficient (Wildman–Crippen LogP) is 6.93. The molecule has 2 aromatic rings. The van der Waals surface area contributed by atoms with E-state index >= 15 is 0 Å². The van der Waals surface area contributed by atoms with Gasteiger partial charge in [-0.2, -0.15) is 13.2 Å². The van der Waals surface area contributed by atoms with Crippen LogP contribution in [0.2, 0.25) is 15.1 Å². The van der Waals surface area contributed by atoms with Gasteiger partial charge in [0.05, 0.1) is 27.5 Å². The number of carbonyl (C=O) groups excluding carboxylic acids is 1. The summed E-state index contributed by atoms with van der Waals surface area (Å²) in [5, 5.41) is 3.41. The summed E-state index contributed by atoms with van der Waals surface area (Å²) >= 11 is 17.8. The first-order valence-corrected chi connectivity index (χ1v) is 11.8. The Bertz CT molecular complexity index is 1160. The van der Waals surface area contributed by atoms with Crippen LogP contribution in [-0.4, -0.2) is 43.5 Å². The van der Waals surface area contributed by atoms with E-state index in [2.05, 4.69) is 5.16 Å². The van der Waals surface area contributed by atoms with Gasteiger partial charge in [0.25, 0.3) is 5.60 Å². The lowest BCUT2D eigenvalue weighted by Crippen LogP contribution is -2.49. The second-order valence-electron chi connectivity index (χ2n) is 9.21. The Hall–Kier alpha value is -2.03. The Morgan fingerprint density at radius 1 is 1.09 bits per heavy atom. The van der Waals surface area contributed by atoms with E-state index in [1.54, 1.807) is 38.4 Å². The molecule has 1 saturated carbocycles. The van der Waals surface area contributed by atoms with E-state index in [-0.39, 0.29) is 38.2 Å².